The van der Waals surface area contributed by atoms with Crippen molar-refractivity contribution < 1.29 is 9.18 Å². The predicted octanol–water partition coefficient (Wildman–Crippen LogP) is 3.38. The second-order valence-corrected chi connectivity index (χ2v) is 6.51. The van der Waals surface area contributed by atoms with Gasteiger partial charge in [0.1, 0.15) is 5.82 Å². The van der Waals surface area contributed by atoms with Crippen molar-refractivity contribution in [3.63, 3.8) is 0 Å². The number of nitrogens with zero attached hydrogens (tertiary/aromatic N) is 1. The molecule has 0 fully saturated rings. The minimum Gasteiger partial charge on any atom is -0.352 e. The van der Waals surface area contributed by atoms with Crippen molar-refractivity contribution in [2.75, 3.05) is 14.1 Å². The van der Waals surface area contributed by atoms with Gasteiger partial charge >= 0.3 is 0 Å². The molecule has 0 aromatic heterocycles. The van der Waals surface area contributed by atoms with E-state index < -0.39 is 0 Å². The minimum atomic E-state index is -0.266. The van der Waals surface area contributed by atoms with Crippen LogP contribution in [-0.2, 0) is 24.3 Å². The van der Waals surface area contributed by atoms with Crippen LogP contribution in [0.1, 0.15) is 23.6 Å². The Kier molecular flexibility index (Phi) is 6.50. The molecule has 0 saturated carbocycles. The van der Waals surface area contributed by atoms with Gasteiger partial charge in [0, 0.05) is 19.0 Å². The molecule has 0 radical (unpaired) electrons. The SMILES string of the molecule is C[C@H](Cc1cccc(F)c1)C(=O)NCc1cccc(CN(C)C)c1. The normalized spacial score (nSPS) is 12.2. The van der Waals surface area contributed by atoms with Crippen molar-refractivity contribution >= 4 is 5.91 Å². The number of halogens is 1. The molecule has 0 aliphatic carbocycles. The molecule has 0 unspecified atom stereocenters. The third kappa shape index (κ3) is 5.78. The number of carbonyl (C=O) groups is 1. The van der Waals surface area contributed by atoms with Crippen molar-refractivity contribution in [3.8, 4) is 0 Å². The zero-order chi connectivity index (χ0) is 17.5. The number of carbonyl (C=O) groups excluding carboxylic acids is 1. The molecule has 0 heterocycles. The van der Waals surface area contributed by atoms with Crippen molar-refractivity contribution in [3.05, 3.63) is 71.0 Å². The minimum absolute atomic E-state index is 0.0164. The monoisotopic (exact) mass is 328 g/mol. The van der Waals surface area contributed by atoms with Crippen LogP contribution in [0.2, 0.25) is 0 Å². The molecule has 0 aliphatic heterocycles. The Hall–Kier alpha value is -2.20. The summed E-state index contributed by atoms with van der Waals surface area (Å²) in [5, 5.41) is 2.97. The van der Waals surface area contributed by atoms with E-state index in [0.29, 0.717) is 13.0 Å². The number of rotatable bonds is 7. The molecule has 1 N–H and O–H groups in total. The zero-order valence-corrected chi connectivity index (χ0v) is 14.6. The number of hydrogen-bond acceptors (Lipinski definition) is 2. The molecule has 2 rings (SSSR count). The van der Waals surface area contributed by atoms with Gasteiger partial charge in [-0.1, -0.05) is 43.3 Å². The lowest BCUT2D eigenvalue weighted by molar-refractivity contribution is -0.124. The highest BCUT2D eigenvalue weighted by Gasteiger charge is 2.13. The summed E-state index contributed by atoms with van der Waals surface area (Å²) in [6, 6.07) is 14.6. The first kappa shape index (κ1) is 18.1. The maximum Gasteiger partial charge on any atom is 0.223 e. The molecule has 0 saturated heterocycles. The summed E-state index contributed by atoms with van der Waals surface area (Å²) in [4.78, 5) is 14.4. The molecular weight excluding hydrogens is 303 g/mol. The molecule has 2 aromatic rings. The highest BCUT2D eigenvalue weighted by Crippen LogP contribution is 2.11. The van der Waals surface area contributed by atoms with E-state index in [1.807, 2.05) is 39.2 Å². The average molecular weight is 328 g/mol. The van der Waals surface area contributed by atoms with Crippen LogP contribution in [0, 0.1) is 11.7 Å². The average Bonchev–Trinajstić information content (AvgIpc) is 2.52. The van der Waals surface area contributed by atoms with E-state index in [4.69, 9.17) is 0 Å². The van der Waals surface area contributed by atoms with Crippen LogP contribution in [0.4, 0.5) is 4.39 Å². The van der Waals surface area contributed by atoms with Crippen molar-refractivity contribution in [2.45, 2.75) is 26.4 Å². The van der Waals surface area contributed by atoms with Gasteiger partial charge in [0.2, 0.25) is 5.91 Å². The van der Waals surface area contributed by atoms with Crippen molar-refractivity contribution in [1.82, 2.24) is 10.2 Å². The van der Waals surface area contributed by atoms with Gasteiger partial charge in [0.25, 0.3) is 0 Å². The van der Waals surface area contributed by atoms with Gasteiger partial charge < -0.3 is 10.2 Å². The summed E-state index contributed by atoms with van der Waals surface area (Å²) in [7, 11) is 4.06. The highest BCUT2D eigenvalue weighted by molar-refractivity contribution is 5.78. The fourth-order valence-corrected chi connectivity index (χ4v) is 2.68. The number of amides is 1. The summed E-state index contributed by atoms with van der Waals surface area (Å²) in [5.74, 6) is -0.480. The van der Waals surface area contributed by atoms with E-state index in [1.165, 1.54) is 17.7 Å². The smallest absolute Gasteiger partial charge is 0.223 e. The lowest BCUT2D eigenvalue weighted by Crippen LogP contribution is -2.29. The second kappa shape index (κ2) is 8.60. The first-order valence-corrected chi connectivity index (χ1v) is 8.18. The highest BCUT2D eigenvalue weighted by atomic mass is 19.1. The van der Waals surface area contributed by atoms with E-state index >= 15 is 0 Å². The Morgan fingerprint density at radius 1 is 1.08 bits per heavy atom. The fraction of sp³-hybridized carbons (Fsp3) is 0.350. The van der Waals surface area contributed by atoms with Gasteiger partial charge in [-0.3, -0.25) is 4.79 Å². The summed E-state index contributed by atoms with van der Waals surface area (Å²) in [6.45, 7) is 3.24. The first-order valence-electron chi connectivity index (χ1n) is 8.18. The van der Waals surface area contributed by atoms with Crippen LogP contribution in [0.15, 0.2) is 48.5 Å². The van der Waals surface area contributed by atoms with E-state index in [9.17, 15) is 9.18 Å². The van der Waals surface area contributed by atoms with Gasteiger partial charge in [-0.05, 0) is 49.3 Å². The molecule has 0 spiro atoms. The number of nitrogens with one attached hydrogen (secondary N) is 1. The Morgan fingerprint density at radius 3 is 2.46 bits per heavy atom. The summed E-state index contributed by atoms with van der Waals surface area (Å²) >= 11 is 0. The van der Waals surface area contributed by atoms with Gasteiger partial charge in [0.05, 0.1) is 0 Å². The largest absolute Gasteiger partial charge is 0.352 e. The van der Waals surface area contributed by atoms with Crippen LogP contribution < -0.4 is 5.32 Å². The van der Waals surface area contributed by atoms with E-state index in [-0.39, 0.29) is 17.6 Å². The molecule has 1 atom stereocenters. The van der Waals surface area contributed by atoms with Gasteiger partial charge in [-0.25, -0.2) is 4.39 Å². The maximum atomic E-state index is 13.2. The Labute approximate surface area is 143 Å². The molecule has 0 bridgehead atoms. The predicted molar refractivity (Wildman–Crippen MR) is 94.9 cm³/mol. The molecule has 128 valence electrons. The molecule has 1 amide bonds. The van der Waals surface area contributed by atoms with Crippen molar-refractivity contribution in [2.24, 2.45) is 5.92 Å². The van der Waals surface area contributed by atoms with Crippen LogP contribution in [-0.4, -0.2) is 24.9 Å². The Morgan fingerprint density at radius 2 is 1.75 bits per heavy atom. The number of benzene rings is 2. The first-order chi connectivity index (χ1) is 11.4. The lowest BCUT2D eigenvalue weighted by atomic mass is 10.00. The lowest BCUT2D eigenvalue weighted by Gasteiger charge is -2.14. The molecule has 0 aliphatic rings. The van der Waals surface area contributed by atoms with Gasteiger partial charge in [-0.15, -0.1) is 0 Å². The molecule has 2 aromatic carbocycles. The standard InChI is InChI=1S/C20H25FN2O/c1-15(10-16-6-5-9-19(21)12-16)20(24)22-13-17-7-4-8-18(11-17)14-23(2)3/h4-9,11-12,15H,10,13-14H2,1-3H3,(H,22,24)/t15-/m1/s1. The maximum absolute atomic E-state index is 13.2. The quantitative estimate of drug-likeness (QED) is 0.845. The zero-order valence-electron chi connectivity index (χ0n) is 14.6. The van der Waals surface area contributed by atoms with Crippen LogP contribution >= 0.6 is 0 Å². The Bertz CT molecular complexity index is 685. The number of hydrogen-bond donors (Lipinski definition) is 1. The summed E-state index contributed by atoms with van der Waals surface area (Å²) in [6.07, 6.45) is 0.532. The Balaban J connectivity index is 1.88. The second-order valence-electron chi connectivity index (χ2n) is 6.51. The van der Waals surface area contributed by atoms with Crippen molar-refractivity contribution in [1.29, 1.82) is 0 Å². The van der Waals surface area contributed by atoms with E-state index in [2.05, 4.69) is 22.3 Å². The van der Waals surface area contributed by atoms with Crippen LogP contribution in [0.25, 0.3) is 0 Å². The summed E-state index contributed by atoms with van der Waals surface area (Å²) < 4.78 is 13.2. The molecular formula is C20H25FN2O. The third-order valence-electron chi connectivity index (χ3n) is 3.84. The third-order valence-corrected chi connectivity index (χ3v) is 3.84. The molecule has 4 heteroatoms. The molecule has 24 heavy (non-hydrogen) atoms. The van der Waals surface area contributed by atoms with Crippen LogP contribution in [0.5, 0.6) is 0 Å². The van der Waals surface area contributed by atoms with Gasteiger partial charge in [-0.2, -0.15) is 0 Å². The molecule has 3 nitrogen and oxygen atoms in total. The van der Waals surface area contributed by atoms with Crippen LogP contribution in [0.3, 0.4) is 0 Å². The summed E-state index contributed by atoms with van der Waals surface area (Å²) in [5.41, 5.74) is 3.14. The fourth-order valence-electron chi connectivity index (χ4n) is 2.68. The van der Waals surface area contributed by atoms with E-state index in [1.54, 1.807) is 6.07 Å². The van der Waals surface area contributed by atoms with E-state index in [0.717, 1.165) is 17.7 Å². The van der Waals surface area contributed by atoms with Gasteiger partial charge in [0.15, 0.2) is 0 Å². The topological polar surface area (TPSA) is 32.3 Å².